The molecule has 0 unspecified atom stereocenters. The van der Waals surface area contributed by atoms with Crippen molar-refractivity contribution in [2.45, 2.75) is 13.0 Å². The summed E-state index contributed by atoms with van der Waals surface area (Å²) in [4.78, 5) is 12.4. The van der Waals surface area contributed by atoms with Crippen molar-refractivity contribution in [3.63, 3.8) is 0 Å². The van der Waals surface area contributed by atoms with E-state index in [0.717, 1.165) is 15.7 Å². The molecule has 1 heterocycles. The molecular weight excluding hydrogens is 358 g/mol. The Morgan fingerprint density at radius 1 is 1.17 bits per heavy atom. The van der Waals surface area contributed by atoms with Crippen LogP contribution in [0.2, 0.25) is 0 Å². The van der Waals surface area contributed by atoms with Crippen LogP contribution in [-0.4, -0.2) is 26.1 Å². The molecule has 1 atom stereocenters. The molecule has 0 spiro atoms. The third-order valence-corrected chi connectivity index (χ3v) is 4.18. The minimum Gasteiger partial charge on any atom is -0.345 e. The van der Waals surface area contributed by atoms with Crippen LogP contribution in [0.1, 0.15) is 28.9 Å². The van der Waals surface area contributed by atoms with Crippen LogP contribution < -0.4 is 5.32 Å². The molecule has 0 saturated carbocycles. The zero-order valence-corrected chi connectivity index (χ0v) is 13.9. The number of carbonyl (C=O) groups is 1. The molecule has 7 heteroatoms. The number of tetrazole rings is 1. The first kappa shape index (κ1) is 15.4. The quantitative estimate of drug-likeness (QED) is 0.765. The highest BCUT2D eigenvalue weighted by atomic mass is 79.9. The standard InChI is InChI=1S/C16H14BrN5O/c1-11(14-4-2-3-5-15(14)17)19-16(23)12-6-8-13(9-7-12)22-10-18-20-21-22/h2-11H,1H3,(H,19,23)/t11-/m0/s1. The van der Waals surface area contributed by atoms with E-state index in [1.54, 1.807) is 24.3 Å². The lowest BCUT2D eigenvalue weighted by Crippen LogP contribution is -2.26. The van der Waals surface area contributed by atoms with E-state index >= 15 is 0 Å². The van der Waals surface area contributed by atoms with Gasteiger partial charge in [0.25, 0.3) is 5.91 Å². The molecule has 3 aromatic rings. The van der Waals surface area contributed by atoms with Gasteiger partial charge < -0.3 is 5.32 Å². The molecule has 0 saturated heterocycles. The third kappa shape index (κ3) is 3.45. The van der Waals surface area contributed by atoms with Crippen LogP contribution in [-0.2, 0) is 0 Å². The van der Waals surface area contributed by atoms with Crippen molar-refractivity contribution in [1.29, 1.82) is 0 Å². The predicted octanol–water partition coefficient (Wildman–Crippen LogP) is 2.92. The molecular formula is C16H14BrN5O. The molecule has 0 aliphatic rings. The maximum atomic E-state index is 12.4. The van der Waals surface area contributed by atoms with Gasteiger partial charge in [-0.05, 0) is 53.2 Å². The van der Waals surface area contributed by atoms with Gasteiger partial charge in [0.2, 0.25) is 0 Å². The van der Waals surface area contributed by atoms with Crippen molar-refractivity contribution in [2.75, 3.05) is 0 Å². The Bertz CT molecular complexity index is 802. The van der Waals surface area contributed by atoms with E-state index in [2.05, 4.69) is 36.8 Å². The maximum absolute atomic E-state index is 12.4. The topological polar surface area (TPSA) is 72.7 Å². The van der Waals surface area contributed by atoms with E-state index in [1.807, 2.05) is 31.2 Å². The summed E-state index contributed by atoms with van der Waals surface area (Å²) in [6.45, 7) is 1.95. The fraction of sp³-hybridized carbons (Fsp3) is 0.125. The number of halogens is 1. The van der Waals surface area contributed by atoms with Crippen LogP contribution in [0.5, 0.6) is 0 Å². The van der Waals surface area contributed by atoms with Gasteiger partial charge in [0.1, 0.15) is 6.33 Å². The Morgan fingerprint density at radius 3 is 2.57 bits per heavy atom. The number of benzene rings is 2. The van der Waals surface area contributed by atoms with Crippen molar-refractivity contribution in [3.8, 4) is 5.69 Å². The van der Waals surface area contributed by atoms with Crippen molar-refractivity contribution in [3.05, 3.63) is 70.5 Å². The van der Waals surface area contributed by atoms with Gasteiger partial charge in [-0.2, -0.15) is 0 Å². The van der Waals surface area contributed by atoms with Gasteiger partial charge in [-0.15, -0.1) is 5.10 Å². The molecule has 2 aromatic carbocycles. The average Bonchev–Trinajstić information content (AvgIpc) is 3.09. The highest BCUT2D eigenvalue weighted by molar-refractivity contribution is 9.10. The summed E-state index contributed by atoms with van der Waals surface area (Å²) in [7, 11) is 0. The van der Waals surface area contributed by atoms with E-state index in [1.165, 1.54) is 11.0 Å². The number of nitrogens with zero attached hydrogens (tertiary/aromatic N) is 4. The van der Waals surface area contributed by atoms with Crippen LogP contribution >= 0.6 is 15.9 Å². The molecule has 116 valence electrons. The molecule has 23 heavy (non-hydrogen) atoms. The Hall–Kier alpha value is -2.54. The van der Waals surface area contributed by atoms with E-state index in [-0.39, 0.29) is 11.9 Å². The zero-order chi connectivity index (χ0) is 16.2. The Kier molecular flexibility index (Phi) is 4.47. The number of carbonyl (C=O) groups excluding carboxylic acids is 1. The summed E-state index contributed by atoms with van der Waals surface area (Å²) in [5.74, 6) is -0.128. The second-order valence-corrected chi connectivity index (χ2v) is 5.87. The SMILES string of the molecule is C[C@H](NC(=O)c1ccc(-n2cnnn2)cc1)c1ccccc1Br. The zero-order valence-electron chi connectivity index (χ0n) is 12.3. The average molecular weight is 372 g/mol. The molecule has 3 rings (SSSR count). The molecule has 1 amide bonds. The minimum atomic E-state index is -0.128. The number of hydrogen-bond donors (Lipinski definition) is 1. The van der Waals surface area contributed by atoms with Gasteiger partial charge in [0, 0.05) is 10.0 Å². The van der Waals surface area contributed by atoms with Crippen molar-refractivity contribution in [2.24, 2.45) is 0 Å². The first-order chi connectivity index (χ1) is 11.1. The molecule has 0 bridgehead atoms. The second-order valence-electron chi connectivity index (χ2n) is 5.02. The first-order valence-electron chi connectivity index (χ1n) is 7.04. The smallest absolute Gasteiger partial charge is 0.251 e. The third-order valence-electron chi connectivity index (χ3n) is 3.46. The lowest BCUT2D eigenvalue weighted by atomic mass is 10.1. The van der Waals surface area contributed by atoms with Crippen molar-refractivity contribution >= 4 is 21.8 Å². The number of rotatable bonds is 4. The first-order valence-corrected chi connectivity index (χ1v) is 7.83. The fourth-order valence-electron chi connectivity index (χ4n) is 2.23. The van der Waals surface area contributed by atoms with Gasteiger partial charge in [-0.3, -0.25) is 4.79 Å². The summed E-state index contributed by atoms with van der Waals surface area (Å²) < 4.78 is 2.51. The predicted molar refractivity (Wildman–Crippen MR) is 89.2 cm³/mol. The van der Waals surface area contributed by atoms with Crippen LogP contribution in [0.3, 0.4) is 0 Å². The summed E-state index contributed by atoms with van der Waals surface area (Å²) >= 11 is 3.50. The summed E-state index contributed by atoms with van der Waals surface area (Å²) in [5, 5.41) is 14.0. The number of aromatic nitrogens is 4. The molecule has 0 fully saturated rings. The Labute approximate surface area is 141 Å². The molecule has 1 aromatic heterocycles. The number of hydrogen-bond acceptors (Lipinski definition) is 4. The molecule has 0 aliphatic carbocycles. The Balaban J connectivity index is 1.72. The number of amides is 1. The summed E-state index contributed by atoms with van der Waals surface area (Å²) in [6.07, 6.45) is 1.50. The highest BCUT2D eigenvalue weighted by Crippen LogP contribution is 2.23. The van der Waals surface area contributed by atoms with Gasteiger partial charge in [-0.25, -0.2) is 4.68 Å². The van der Waals surface area contributed by atoms with Crippen molar-refractivity contribution < 1.29 is 4.79 Å². The van der Waals surface area contributed by atoms with Gasteiger partial charge >= 0.3 is 0 Å². The summed E-state index contributed by atoms with van der Waals surface area (Å²) in [5.41, 5.74) is 2.41. The van der Waals surface area contributed by atoms with Crippen LogP contribution in [0, 0.1) is 0 Å². The lowest BCUT2D eigenvalue weighted by molar-refractivity contribution is 0.0940. The van der Waals surface area contributed by atoms with Gasteiger partial charge in [-0.1, -0.05) is 34.1 Å². The Morgan fingerprint density at radius 2 is 1.91 bits per heavy atom. The monoisotopic (exact) mass is 371 g/mol. The van der Waals surface area contributed by atoms with Crippen LogP contribution in [0.15, 0.2) is 59.3 Å². The largest absolute Gasteiger partial charge is 0.345 e. The van der Waals surface area contributed by atoms with Gasteiger partial charge in [0.15, 0.2) is 0 Å². The molecule has 0 aliphatic heterocycles. The lowest BCUT2D eigenvalue weighted by Gasteiger charge is -2.16. The second kappa shape index (κ2) is 6.70. The summed E-state index contributed by atoms with van der Waals surface area (Å²) in [6, 6.07) is 14.8. The highest BCUT2D eigenvalue weighted by Gasteiger charge is 2.13. The molecule has 0 radical (unpaired) electrons. The van der Waals surface area contributed by atoms with E-state index < -0.39 is 0 Å². The van der Waals surface area contributed by atoms with Crippen molar-refractivity contribution in [1.82, 2.24) is 25.5 Å². The maximum Gasteiger partial charge on any atom is 0.251 e. The van der Waals surface area contributed by atoms with Crippen LogP contribution in [0.4, 0.5) is 0 Å². The normalized spacial score (nSPS) is 11.9. The minimum absolute atomic E-state index is 0.0998. The fourth-order valence-corrected chi connectivity index (χ4v) is 2.86. The van der Waals surface area contributed by atoms with E-state index in [9.17, 15) is 4.79 Å². The molecule has 6 nitrogen and oxygen atoms in total. The molecule has 1 N–H and O–H groups in total. The van der Waals surface area contributed by atoms with Gasteiger partial charge in [0.05, 0.1) is 11.7 Å². The van der Waals surface area contributed by atoms with Crippen LogP contribution in [0.25, 0.3) is 5.69 Å². The number of nitrogens with one attached hydrogen (secondary N) is 1. The van der Waals surface area contributed by atoms with E-state index in [4.69, 9.17) is 0 Å². The van der Waals surface area contributed by atoms with E-state index in [0.29, 0.717) is 5.56 Å².